The summed E-state index contributed by atoms with van der Waals surface area (Å²) in [5.74, 6) is 4.35. The fraction of sp³-hybridized carbons (Fsp3) is 0.400. The number of nitrogens with zero attached hydrogens (tertiary/aromatic N) is 2. The molecule has 0 saturated carbocycles. The van der Waals surface area contributed by atoms with Gasteiger partial charge in [0, 0.05) is 6.08 Å². The topological polar surface area (TPSA) is 112 Å². The number of aliphatic carboxylic acids is 1. The molecule has 140 valence electrons. The molecule has 1 aliphatic carbocycles. The van der Waals surface area contributed by atoms with Crippen molar-refractivity contribution < 1.29 is 9.90 Å². The molecular weight excluding hydrogens is 328 g/mol. The van der Waals surface area contributed by atoms with E-state index in [2.05, 4.69) is 17.3 Å². The van der Waals surface area contributed by atoms with Crippen LogP contribution in [0.4, 0.5) is 0 Å². The van der Waals surface area contributed by atoms with E-state index < -0.39 is 11.4 Å². The minimum Gasteiger partial charge on any atom is -0.478 e. The van der Waals surface area contributed by atoms with Crippen LogP contribution >= 0.6 is 0 Å². The van der Waals surface area contributed by atoms with E-state index in [0.717, 1.165) is 36.5 Å². The summed E-state index contributed by atoms with van der Waals surface area (Å²) in [7, 11) is 0. The van der Waals surface area contributed by atoms with Crippen molar-refractivity contribution in [3.63, 3.8) is 0 Å². The van der Waals surface area contributed by atoms with Crippen LogP contribution < -0.4 is 5.84 Å². The average Bonchev–Trinajstić information content (AvgIpc) is 2.53. The van der Waals surface area contributed by atoms with Gasteiger partial charge in [-0.15, -0.1) is 5.11 Å². The molecule has 0 fully saturated rings. The maximum absolute atomic E-state index is 10.6. The third kappa shape index (κ3) is 5.95. The van der Waals surface area contributed by atoms with Crippen molar-refractivity contribution in [3.8, 4) is 0 Å². The Morgan fingerprint density at radius 1 is 1.31 bits per heavy atom. The van der Waals surface area contributed by atoms with Crippen molar-refractivity contribution in [2.75, 3.05) is 0 Å². The fourth-order valence-corrected chi connectivity index (χ4v) is 3.05. The Morgan fingerprint density at radius 2 is 2.00 bits per heavy atom. The third-order valence-corrected chi connectivity index (χ3v) is 4.55. The van der Waals surface area contributed by atoms with Crippen LogP contribution in [-0.2, 0) is 4.79 Å². The summed E-state index contributed by atoms with van der Waals surface area (Å²) in [5, 5.41) is 23.9. The number of rotatable bonds is 6. The first-order valence-corrected chi connectivity index (χ1v) is 8.55. The highest BCUT2D eigenvalue weighted by Gasteiger charge is 2.36. The normalized spacial score (nSPS) is 22.8. The van der Waals surface area contributed by atoms with Crippen LogP contribution in [0.15, 0.2) is 69.1 Å². The summed E-state index contributed by atoms with van der Waals surface area (Å²) in [6.45, 7) is 7.80. The number of hydrogen-bond acceptors (Lipinski definition) is 3. The minimum atomic E-state index is -0.955. The summed E-state index contributed by atoms with van der Waals surface area (Å²) in [6, 6.07) is 0. The lowest BCUT2D eigenvalue weighted by atomic mass is 9.70. The predicted octanol–water partition coefficient (Wildman–Crippen LogP) is 4.89. The molecule has 26 heavy (non-hydrogen) atoms. The Balaban J connectivity index is 3.02. The molecule has 0 aliphatic heterocycles. The van der Waals surface area contributed by atoms with Gasteiger partial charge >= 0.3 is 5.97 Å². The molecule has 0 aromatic carbocycles. The van der Waals surface area contributed by atoms with Crippen molar-refractivity contribution in [3.05, 3.63) is 58.7 Å². The van der Waals surface area contributed by atoms with E-state index in [9.17, 15) is 4.79 Å². The quantitative estimate of drug-likeness (QED) is 0.120. The molecule has 6 nitrogen and oxygen atoms in total. The highest BCUT2D eigenvalue weighted by Crippen LogP contribution is 2.42. The van der Waals surface area contributed by atoms with Gasteiger partial charge in [-0.3, -0.25) is 5.41 Å². The van der Waals surface area contributed by atoms with E-state index in [4.69, 9.17) is 16.4 Å². The van der Waals surface area contributed by atoms with Gasteiger partial charge in [0.15, 0.2) is 5.84 Å². The number of carbonyl (C=O) groups is 1. The molecule has 0 saturated heterocycles. The first-order chi connectivity index (χ1) is 12.2. The Labute approximate surface area is 155 Å². The lowest BCUT2D eigenvalue weighted by molar-refractivity contribution is -0.131. The monoisotopic (exact) mass is 356 g/mol. The number of amidine groups is 1. The molecule has 0 bridgehead atoms. The fourth-order valence-electron chi connectivity index (χ4n) is 3.05. The molecule has 0 aromatic rings. The standard InChI is InChI=1S/C20H28N4O2/c1-14(7-5-8-15(2)13-18(25)26)10-11-17-16(3)9-6-12-20(17,4)19(21)23-24-22/h5,7-8,10-11,13H,6,9,12H2,1-4H3,(H,25,26)(H3,21,22,23)/b8-5+,11-10+,14-7+,15-13+/t20-/m0/s1. The van der Waals surface area contributed by atoms with Crippen LogP contribution in [-0.4, -0.2) is 16.9 Å². The molecule has 1 rings (SSSR count). The number of carboxylic acid groups (broad SMARTS) is 1. The second-order valence-electron chi connectivity index (χ2n) is 6.77. The van der Waals surface area contributed by atoms with Gasteiger partial charge in [0.25, 0.3) is 0 Å². The Morgan fingerprint density at radius 3 is 2.62 bits per heavy atom. The van der Waals surface area contributed by atoms with E-state index in [0.29, 0.717) is 5.57 Å². The summed E-state index contributed by atoms with van der Waals surface area (Å²) in [6.07, 6.45) is 13.5. The molecule has 4 N–H and O–H groups in total. The van der Waals surface area contributed by atoms with Crippen LogP contribution in [0.3, 0.4) is 0 Å². The largest absolute Gasteiger partial charge is 0.478 e. The van der Waals surface area contributed by atoms with Gasteiger partial charge in [-0.2, -0.15) is 0 Å². The number of nitrogens with two attached hydrogens (primary N) is 1. The first-order valence-electron chi connectivity index (χ1n) is 8.55. The average molecular weight is 356 g/mol. The van der Waals surface area contributed by atoms with Gasteiger partial charge in [0.2, 0.25) is 0 Å². The number of carboxylic acids is 1. The zero-order chi connectivity index (χ0) is 19.7. The molecule has 1 atom stereocenters. The molecule has 0 amide bonds. The van der Waals surface area contributed by atoms with E-state index in [1.807, 2.05) is 38.2 Å². The lowest BCUT2D eigenvalue weighted by Crippen LogP contribution is -2.31. The predicted molar refractivity (Wildman–Crippen MR) is 105 cm³/mol. The lowest BCUT2D eigenvalue weighted by Gasteiger charge is -2.34. The van der Waals surface area contributed by atoms with Crippen LogP contribution in [0, 0.1) is 10.8 Å². The second-order valence-corrected chi connectivity index (χ2v) is 6.77. The first kappa shape index (κ1) is 21.3. The van der Waals surface area contributed by atoms with Gasteiger partial charge in [-0.1, -0.05) is 46.7 Å². The SMILES string of the molecule is CC1=C(/C=C/C(C)=C/C=C/C(C)=C/C(=O)O)[C@@](C)(C(=N)N=NN)CCC1. The summed E-state index contributed by atoms with van der Waals surface area (Å²) < 4.78 is 0. The van der Waals surface area contributed by atoms with E-state index in [1.54, 1.807) is 13.0 Å². The summed E-state index contributed by atoms with van der Waals surface area (Å²) >= 11 is 0. The maximum atomic E-state index is 10.6. The zero-order valence-electron chi connectivity index (χ0n) is 15.9. The Bertz CT molecular complexity index is 739. The highest BCUT2D eigenvalue weighted by atomic mass is 16.4. The number of nitrogens with one attached hydrogen (secondary N) is 1. The van der Waals surface area contributed by atoms with E-state index >= 15 is 0 Å². The molecule has 0 spiro atoms. The minimum absolute atomic E-state index is 0.176. The summed E-state index contributed by atoms with van der Waals surface area (Å²) in [5.41, 5.74) is 3.53. The smallest absolute Gasteiger partial charge is 0.328 e. The zero-order valence-corrected chi connectivity index (χ0v) is 15.9. The molecule has 6 heteroatoms. The molecule has 0 radical (unpaired) electrons. The molecule has 0 heterocycles. The molecule has 0 unspecified atom stereocenters. The third-order valence-electron chi connectivity index (χ3n) is 4.55. The molecule has 1 aliphatic rings. The van der Waals surface area contributed by atoms with Gasteiger partial charge in [0.1, 0.15) is 0 Å². The Hall–Kier alpha value is -2.76. The van der Waals surface area contributed by atoms with Crippen molar-refractivity contribution in [1.82, 2.24) is 0 Å². The number of allylic oxidation sites excluding steroid dienone is 8. The van der Waals surface area contributed by atoms with Gasteiger partial charge in [0.05, 0.1) is 5.41 Å². The summed E-state index contributed by atoms with van der Waals surface area (Å²) in [4.78, 5) is 10.6. The van der Waals surface area contributed by atoms with Gasteiger partial charge < -0.3 is 10.9 Å². The van der Waals surface area contributed by atoms with Gasteiger partial charge in [-0.05, 0) is 58.1 Å². The highest BCUT2D eigenvalue weighted by molar-refractivity contribution is 5.89. The second kappa shape index (κ2) is 9.65. The van der Waals surface area contributed by atoms with Gasteiger partial charge in [-0.25, -0.2) is 4.79 Å². The van der Waals surface area contributed by atoms with Crippen LogP contribution in [0.25, 0.3) is 0 Å². The van der Waals surface area contributed by atoms with Crippen LogP contribution in [0.1, 0.15) is 47.0 Å². The van der Waals surface area contributed by atoms with Crippen molar-refractivity contribution in [2.45, 2.75) is 47.0 Å². The van der Waals surface area contributed by atoms with Crippen molar-refractivity contribution in [2.24, 2.45) is 21.6 Å². The maximum Gasteiger partial charge on any atom is 0.328 e. The van der Waals surface area contributed by atoms with Crippen LogP contribution in [0.2, 0.25) is 0 Å². The molecular formula is C20H28N4O2. The van der Waals surface area contributed by atoms with E-state index in [1.165, 1.54) is 5.57 Å². The molecule has 0 aromatic heterocycles. The van der Waals surface area contributed by atoms with Crippen LogP contribution in [0.5, 0.6) is 0 Å². The van der Waals surface area contributed by atoms with Crippen molar-refractivity contribution in [1.29, 1.82) is 5.41 Å². The number of hydrogen-bond donors (Lipinski definition) is 3. The van der Waals surface area contributed by atoms with E-state index in [-0.39, 0.29) is 5.84 Å². The Kier molecular flexibility index (Phi) is 7.90. The van der Waals surface area contributed by atoms with Crippen molar-refractivity contribution >= 4 is 11.8 Å².